The lowest BCUT2D eigenvalue weighted by Crippen LogP contribution is -2.42. The van der Waals surface area contributed by atoms with Crippen molar-refractivity contribution in [2.24, 2.45) is 0 Å². The largest absolute Gasteiger partial charge is 0.279 e. The molecule has 0 atom stereocenters. The number of nitrogens with one attached hydrogen (secondary N) is 3. The Labute approximate surface area is 175 Å². The molecule has 0 unspecified atom stereocenters. The fourth-order valence-corrected chi connectivity index (χ4v) is 3.83. The number of carbonyl (C=O) groups is 2. The second kappa shape index (κ2) is 9.23. The molecule has 3 aromatic rings. The van der Waals surface area contributed by atoms with Crippen molar-refractivity contribution in [1.82, 2.24) is 10.9 Å². The van der Waals surface area contributed by atoms with Gasteiger partial charge in [-0.15, -0.1) is 0 Å². The van der Waals surface area contributed by atoms with Gasteiger partial charge in [-0.3, -0.25) is 25.2 Å². The summed E-state index contributed by atoms with van der Waals surface area (Å²) >= 11 is 0. The van der Waals surface area contributed by atoms with Crippen molar-refractivity contribution < 1.29 is 18.0 Å². The van der Waals surface area contributed by atoms with Crippen LogP contribution in [0.2, 0.25) is 0 Å². The third-order valence-electron chi connectivity index (χ3n) is 4.34. The van der Waals surface area contributed by atoms with Gasteiger partial charge in [0.25, 0.3) is 15.9 Å². The van der Waals surface area contributed by atoms with Gasteiger partial charge in [-0.05, 0) is 48.4 Å². The highest BCUT2D eigenvalue weighted by Gasteiger charge is 2.16. The zero-order chi connectivity index (χ0) is 21.6. The van der Waals surface area contributed by atoms with Crippen molar-refractivity contribution in [2.75, 3.05) is 4.72 Å². The number of hydrogen-bond acceptors (Lipinski definition) is 4. The fourth-order valence-electron chi connectivity index (χ4n) is 2.70. The Morgan fingerprint density at radius 3 is 2.10 bits per heavy atom. The summed E-state index contributed by atoms with van der Waals surface area (Å²) in [5, 5.41) is 0. The molecule has 154 valence electrons. The van der Waals surface area contributed by atoms with E-state index < -0.39 is 15.9 Å². The molecule has 8 heteroatoms. The number of rotatable bonds is 6. The van der Waals surface area contributed by atoms with Crippen molar-refractivity contribution in [3.05, 3.63) is 95.6 Å². The maximum atomic E-state index is 12.6. The van der Waals surface area contributed by atoms with E-state index in [2.05, 4.69) is 15.6 Å². The highest BCUT2D eigenvalue weighted by Crippen LogP contribution is 2.19. The van der Waals surface area contributed by atoms with E-state index in [1.165, 1.54) is 24.3 Å². The Morgan fingerprint density at radius 1 is 0.800 bits per heavy atom. The number of hydrazine groups is 1. The molecule has 3 aromatic carbocycles. The Bertz CT molecular complexity index is 1140. The van der Waals surface area contributed by atoms with Gasteiger partial charge in [0.1, 0.15) is 0 Å². The summed E-state index contributed by atoms with van der Waals surface area (Å²) in [7, 11) is -3.79. The van der Waals surface area contributed by atoms with E-state index in [1.54, 1.807) is 25.1 Å². The van der Waals surface area contributed by atoms with Crippen LogP contribution in [0.4, 0.5) is 5.69 Å². The molecule has 0 spiro atoms. The number of benzene rings is 3. The maximum absolute atomic E-state index is 12.6. The molecule has 7 nitrogen and oxygen atoms in total. The molecule has 0 aliphatic carbocycles. The Morgan fingerprint density at radius 2 is 1.43 bits per heavy atom. The fraction of sp³-hybridized carbons (Fsp3) is 0.0909. The van der Waals surface area contributed by atoms with Gasteiger partial charge < -0.3 is 0 Å². The van der Waals surface area contributed by atoms with Crippen molar-refractivity contribution in [1.29, 1.82) is 0 Å². The third kappa shape index (κ3) is 5.45. The van der Waals surface area contributed by atoms with Crippen molar-refractivity contribution in [3.8, 4) is 0 Å². The highest BCUT2D eigenvalue weighted by molar-refractivity contribution is 7.92. The Balaban J connectivity index is 1.60. The number of hydrogen-bond donors (Lipinski definition) is 3. The molecule has 0 fully saturated rings. The molecule has 0 saturated heterocycles. The maximum Gasteiger partial charge on any atom is 0.269 e. The van der Waals surface area contributed by atoms with E-state index in [4.69, 9.17) is 0 Å². The van der Waals surface area contributed by atoms with E-state index >= 15 is 0 Å². The molecule has 3 rings (SSSR count). The van der Waals surface area contributed by atoms with Crippen LogP contribution in [-0.2, 0) is 21.2 Å². The molecule has 0 aliphatic heterocycles. The summed E-state index contributed by atoms with van der Waals surface area (Å²) in [5.41, 5.74) is 6.98. The Hall–Kier alpha value is -3.65. The summed E-state index contributed by atoms with van der Waals surface area (Å²) < 4.78 is 27.6. The predicted molar refractivity (Wildman–Crippen MR) is 114 cm³/mol. The summed E-state index contributed by atoms with van der Waals surface area (Å²) in [6.07, 6.45) is 0.128. The molecule has 0 aromatic heterocycles. The van der Waals surface area contributed by atoms with Crippen LogP contribution >= 0.6 is 0 Å². The second-order valence-corrected chi connectivity index (χ2v) is 8.29. The van der Waals surface area contributed by atoms with Crippen LogP contribution in [-0.4, -0.2) is 20.2 Å². The van der Waals surface area contributed by atoms with Crippen LogP contribution in [0, 0.1) is 6.92 Å². The summed E-state index contributed by atoms with van der Waals surface area (Å²) in [6.45, 7) is 1.80. The summed E-state index contributed by atoms with van der Waals surface area (Å²) in [6, 6.07) is 21.6. The number of aryl methyl sites for hydroxylation is 1. The number of para-hydroxylation sites is 1. The first-order valence-electron chi connectivity index (χ1n) is 9.17. The monoisotopic (exact) mass is 423 g/mol. The van der Waals surface area contributed by atoms with E-state index in [0.29, 0.717) is 5.69 Å². The van der Waals surface area contributed by atoms with Crippen LogP contribution < -0.4 is 15.6 Å². The molecular formula is C22H21N3O4S. The first-order valence-corrected chi connectivity index (χ1v) is 10.6. The predicted octanol–water partition coefficient (Wildman–Crippen LogP) is 2.80. The zero-order valence-corrected chi connectivity index (χ0v) is 17.1. The van der Waals surface area contributed by atoms with Gasteiger partial charge in [-0.1, -0.05) is 48.5 Å². The molecule has 0 bridgehead atoms. The molecule has 0 saturated carbocycles. The van der Waals surface area contributed by atoms with Gasteiger partial charge in [0, 0.05) is 5.56 Å². The minimum absolute atomic E-state index is 0.0235. The van der Waals surface area contributed by atoms with Crippen LogP contribution in [0.3, 0.4) is 0 Å². The molecule has 30 heavy (non-hydrogen) atoms. The topological polar surface area (TPSA) is 104 Å². The number of carbonyl (C=O) groups excluding carboxylic acids is 2. The SMILES string of the molecule is Cc1ccccc1NS(=O)(=O)c1ccc(C(=O)NNC(=O)Cc2ccccc2)cc1. The lowest BCUT2D eigenvalue weighted by Gasteiger charge is -2.11. The van der Waals surface area contributed by atoms with Crippen LogP contribution in [0.5, 0.6) is 0 Å². The van der Waals surface area contributed by atoms with Crippen molar-refractivity contribution in [2.45, 2.75) is 18.2 Å². The molecule has 0 heterocycles. The van der Waals surface area contributed by atoms with Crippen LogP contribution in [0.25, 0.3) is 0 Å². The molecule has 3 N–H and O–H groups in total. The molecule has 0 radical (unpaired) electrons. The van der Waals surface area contributed by atoms with Gasteiger partial charge in [0.15, 0.2) is 0 Å². The minimum atomic E-state index is -3.79. The summed E-state index contributed by atoms with van der Waals surface area (Å²) in [5.74, 6) is -0.914. The van der Waals surface area contributed by atoms with E-state index in [9.17, 15) is 18.0 Å². The smallest absolute Gasteiger partial charge is 0.269 e. The third-order valence-corrected chi connectivity index (χ3v) is 5.72. The molecule has 0 aliphatic rings. The quantitative estimate of drug-likeness (QED) is 0.530. The van der Waals surface area contributed by atoms with Gasteiger partial charge in [0.05, 0.1) is 17.0 Å². The number of sulfonamides is 1. The van der Waals surface area contributed by atoms with E-state index in [1.807, 2.05) is 36.4 Å². The van der Waals surface area contributed by atoms with E-state index in [0.717, 1.165) is 11.1 Å². The average molecular weight is 423 g/mol. The average Bonchev–Trinajstić information content (AvgIpc) is 2.74. The standard InChI is InChI=1S/C22H21N3O4S/c1-16-7-5-6-10-20(16)25-30(28,29)19-13-11-18(12-14-19)22(27)24-23-21(26)15-17-8-3-2-4-9-17/h2-14,25H,15H2,1H3,(H,23,26)(H,24,27). The lowest BCUT2D eigenvalue weighted by molar-refractivity contribution is -0.121. The minimum Gasteiger partial charge on any atom is -0.279 e. The molecular weight excluding hydrogens is 402 g/mol. The number of amides is 2. The normalized spacial score (nSPS) is 10.8. The lowest BCUT2D eigenvalue weighted by atomic mass is 10.1. The summed E-state index contributed by atoms with van der Waals surface area (Å²) in [4.78, 5) is 24.2. The second-order valence-electron chi connectivity index (χ2n) is 6.61. The van der Waals surface area contributed by atoms with Crippen LogP contribution in [0.15, 0.2) is 83.8 Å². The highest BCUT2D eigenvalue weighted by atomic mass is 32.2. The van der Waals surface area contributed by atoms with E-state index in [-0.39, 0.29) is 22.8 Å². The van der Waals surface area contributed by atoms with Gasteiger partial charge in [0.2, 0.25) is 5.91 Å². The first kappa shape index (κ1) is 21.1. The first-order chi connectivity index (χ1) is 14.3. The van der Waals surface area contributed by atoms with Crippen molar-refractivity contribution in [3.63, 3.8) is 0 Å². The molecule has 2 amide bonds. The van der Waals surface area contributed by atoms with Crippen molar-refractivity contribution >= 4 is 27.5 Å². The van der Waals surface area contributed by atoms with Gasteiger partial charge in [-0.25, -0.2) is 8.42 Å². The van der Waals surface area contributed by atoms with Gasteiger partial charge in [-0.2, -0.15) is 0 Å². The number of anilines is 1. The Kier molecular flexibility index (Phi) is 6.48. The van der Waals surface area contributed by atoms with Crippen LogP contribution in [0.1, 0.15) is 21.5 Å². The zero-order valence-electron chi connectivity index (χ0n) is 16.3. The van der Waals surface area contributed by atoms with Gasteiger partial charge >= 0.3 is 0 Å².